The number of nitrogens with one attached hydrogen (secondary N) is 2. The standard InChI is InChI=1S/C23H25ClN6O3S/c1-4-5-10-26-20-17-21(29-16(28-20)9-7-13-6-8-15(24)34-13)30(12-27-17)14-11-23(2,22(33)25-3)19(32)18(14)31/h6,8,12,19,31-32H,4-5,10-11H2,1-3H3,(H,25,33)(H,26,28,29)/t19-,23-/m0/s1. The van der Waals surface area contributed by atoms with Gasteiger partial charge in [-0.3, -0.25) is 9.36 Å². The third-order valence-corrected chi connectivity index (χ3v) is 6.97. The van der Waals surface area contributed by atoms with E-state index < -0.39 is 11.5 Å². The van der Waals surface area contributed by atoms with Crippen molar-refractivity contribution in [3.8, 4) is 11.8 Å². The van der Waals surface area contributed by atoms with Crippen molar-refractivity contribution in [1.82, 2.24) is 24.8 Å². The van der Waals surface area contributed by atoms with Crippen molar-refractivity contribution in [1.29, 1.82) is 0 Å². The van der Waals surface area contributed by atoms with Crippen molar-refractivity contribution < 1.29 is 15.0 Å². The van der Waals surface area contributed by atoms with Crippen LogP contribution < -0.4 is 10.6 Å². The van der Waals surface area contributed by atoms with Crippen LogP contribution in [-0.2, 0) is 4.79 Å². The van der Waals surface area contributed by atoms with Gasteiger partial charge in [-0.15, -0.1) is 11.3 Å². The summed E-state index contributed by atoms with van der Waals surface area (Å²) in [4.78, 5) is 26.8. The molecule has 9 nitrogen and oxygen atoms in total. The Morgan fingerprint density at radius 3 is 2.85 bits per heavy atom. The first-order valence-electron chi connectivity index (χ1n) is 10.9. The van der Waals surface area contributed by atoms with Crippen LogP contribution in [-0.4, -0.2) is 55.3 Å². The summed E-state index contributed by atoms with van der Waals surface area (Å²) in [7, 11) is 1.50. The number of aliphatic hydroxyl groups is 2. The summed E-state index contributed by atoms with van der Waals surface area (Å²) < 4.78 is 2.23. The van der Waals surface area contributed by atoms with Gasteiger partial charge in [0.15, 0.2) is 17.0 Å². The zero-order chi connectivity index (χ0) is 24.5. The zero-order valence-corrected chi connectivity index (χ0v) is 20.6. The van der Waals surface area contributed by atoms with E-state index in [1.165, 1.54) is 24.7 Å². The van der Waals surface area contributed by atoms with Crippen LogP contribution >= 0.6 is 22.9 Å². The van der Waals surface area contributed by atoms with Gasteiger partial charge in [0, 0.05) is 20.0 Å². The van der Waals surface area contributed by atoms with Crippen molar-refractivity contribution in [2.75, 3.05) is 18.9 Å². The summed E-state index contributed by atoms with van der Waals surface area (Å²) in [5.74, 6) is 6.13. The number of allylic oxidation sites excluding steroid dienone is 1. The van der Waals surface area contributed by atoms with Gasteiger partial charge in [-0.05, 0) is 37.3 Å². The molecule has 0 fully saturated rings. The van der Waals surface area contributed by atoms with Gasteiger partial charge in [-0.25, -0.2) is 15.0 Å². The van der Waals surface area contributed by atoms with Crippen molar-refractivity contribution in [3.05, 3.63) is 39.3 Å². The molecule has 11 heteroatoms. The van der Waals surface area contributed by atoms with E-state index in [0.29, 0.717) is 33.6 Å². The number of aliphatic hydroxyl groups excluding tert-OH is 2. The minimum Gasteiger partial charge on any atom is -0.508 e. The maximum Gasteiger partial charge on any atom is 0.229 e. The first-order chi connectivity index (χ1) is 16.3. The predicted octanol–water partition coefficient (Wildman–Crippen LogP) is 3.40. The van der Waals surface area contributed by atoms with Crippen molar-refractivity contribution in [2.24, 2.45) is 5.41 Å². The normalized spacial score (nSPS) is 19.9. The fourth-order valence-corrected chi connectivity index (χ4v) is 4.75. The zero-order valence-electron chi connectivity index (χ0n) is 19.0. The number of unbranched alkanes of at least 4 members (excludes halogenated alkanes) is 1. The maximum absolute atomic E-state index is 12.5. The second-order valence-corrected chi connectivity index (χ2v) is 9.94. The molecule has 2 atom stereocenters. The molecule has 4 N–H and O–H groups in total. The number of hydrogen-bond donors (Lipinski definition) is 4. The molecule has 1 aliphatic rings. The van der Waals surface area contributed by atoms with Gasteiger partial charge in [0.05, 0.1) is 20.3 Å². The minimum absolute atomic E-state index is 0.0996. The second-order valence-electron chi connectivity index (χ2n) is 8.22. The molecular formula is C23H25ClN6O3S. The molecule has 0 unspecified atom stereocenters. The Kier molecular flexibility index (Phi) is 6.79. The monoisotopic (exact) mass is 500 g/mol. The number of carbonyl (C=O) groups is 1. The Hall–Kier alpha value is -3.13. The van der Waals surface area contributed by atoms with E-state index in [1.54, 1.807) is 17.6 Å². The number of amides is 1. The van der Waals surface area contributed by atoms with Crippen molar-refractivity contribution in [2.45, 2.75) is 39.2 Å². The Morgan fingerprint density at radius 2 is 2.18 bits per heavy atom. The van der Waals surface area contributed by atoms with Crippen LogP contribution in [0.25, 0.3) is 16.9 Å². The van der Waals surface area contributed by atoms with E-state index in [2.05, 4.69) is 44.4 Å². The lowest BCUT2D eigenvalue weighted by molar-refractivity contribution is -0.134. The largest absolute Gasteiger partial charge is 0.508 e. The molecule has 0 aromatic carbocycles. The molecule has 0 aliphatic heterocycles. The molecule has 0 bridgehead atoms. The number of halogens is 1. The quantitative estimate of drug-likeness (QED) is 0.302. The summed E-state index contributed by atoms with van der Waals surface area (Å²) in [6.45, 7) is 4.40. The smallest absolute Gasteiger partial charge is 0.229 e. The third kappa shape index (κ3) is 4.34. The molecule has 34 heavy (non-hydrogen) atoms. The molecule has 1 amide bonds. The maximum atomic E-state index is 12.5. The van der Waals surface area contributed by atoms with Gasteiger partial charge in [0.2, 0.25) is 11.7 Å². The summed E-state index contributed by atoms with van der Waals surface area (Å²) in [6, 6.07) is 3.60. The lowest BCUT2D eigenvalue weighted by atomic mass is 9.84. The van der Waals surface area contributed by atoms with Crippen LogP contribution in [0.3, 0.4) is 0 Å². The second kappa shape index (κ2) is 9.62. The van der Waals surface area contributed by atoms with E-state index in [-0.39, 0.29) is 23.9 Å². The number of rotatable bonds is 6. The van der Waals surface area contributed by atoms with Gasteiger partial charge >= 0.3 is 0 Å². The highest BCUT2D eigenvalue weighted by Gasteiger charge is 2.50. The molecule has 178 valence electrons. The number of carbonyl (C=O) groups excluding carboxylic acids is 1. The van der Waals surface area contributed by atoms with Crippen molar-refractivity contribution in [3.63, 3.8) is 0 Å². The van der Waals surface area contributed by atoms with E-state index in [0.717, 1.165) is 17.7 Å². The van der Waals surface area contributed by atoms with E-state index in [4.69, 9.17) is 11.6 Å². The molecule has 0 radical (unpaired) electrons. The summed E-state index contributed by atoms with van der Waals surface area (Å²) in [5.41, 5.74) is 0.0472. The summed E-state index contributed by atoms with van der Waals surface area (Å²) in [6.07, 6.45) is 2.21. The number of anilines is 1. The van der Waals surface area contributed by atoms with Crippen LogP contribution in [0.2, 0.25) is 4.34 Å². The van der Waals surface area contributed by atoms with E-state index >= 15 is 0 Å². The molecule has 3 aromatic heterocycles. The number of hydrogen-bond acceptors (Lipinski definition) is 8. The highest BCUT2D eigenvalue weighted by molar-refractivity contribution is 7.16. The number of thiophene rings is 1. The molecule has 0 spiro atoms. The van der Waals surface area contributed by atoms with Crippen LogP contribution in [0.5, 0.6) is 0 Å². The van der Waals surface area contributed by atoms with Gasteiger partial charge in [0.25, 0.3) is 0 Å². The summed E-state index contributed by atoms with van der Waals surface area (Å²) >= 11 is 7.36. The highest BCUT2D eigenvalue weighted by Crippen LogP contribution is 2.44. The number of aromatic nitrogens is 4. The van der Waals surface area contributed by atoms with Crippen LogP contribution in [0.4, 0.5) is 5.82 Å². The number of fused-ring (bicyclic) bond motifs is 1. The third-order valence-electron chi connectivity index (χ3n) is 5.82. The van der Waals surface area contributed by atoms with Gasteiger partial charge in [0.1, 0.15) is 18.2 Å². The fourth-order valence-electron chi connectivity index (χ4n) is 3.85. The Balaban J connectivity index is 1.80. The van der Waals surface area contributed by atoms with Gasteiger partial charge in [-0.2, -0.15) is 0 Å². The van der Waals surface area contributed by atoms with Crippen LogP contribution in [0, 0.1) is 17.3 Å². The lowest BCUT2D eigenvalue weighted by Crippen LogP contribution is -2.43. The molecule has 0 saturated heterocycles. The molecule has 4 rings (SSSR count). The SMILES string of the molecule is CCCCNc1nc(C#Cc2ccc(Cl)s2)nc2c1ncn2C1=C(O)[C@H](O)[C@@](C)(C(=O)NC)C1. The first kappa shape index (κ1) is 24.0. The van der Waals surface area contributed by atoms with Crippen LogP contribution in [0.1, 0.15) is 43.8 Å². The summed E-state index contributed by atoms with van der Waals surface area (Å²) in [5, 5.41) is 27.2. The molecule has 3 heterocycles. The highest BCUT2D eigenvalue weighted by atomic mass is 35.5. The first-order valence-corrected chi connectivity index (χ1v) is 12.1. The molecule has 3 aromatic rings. The van der Waals surface area contributed by atoms with E-state index in [9.17, 15) is 15.0 Å². The predicted molar refractivity (Wildman–Crippen MR) is 133 cm³/mol. The number of nitrogens with zero attached hydrogens (tertiary/aromatic N) is 4. The molecule has 0 saturated carbocycles. The van der Waals surface area contributed by atoms with Crippen molar-refractivity contribution >= 4 is 51.5 Å². The van der Waals surface area contributed by atoms with Gasteiger partial charge in [-0.1, -0.05) is 24.9 Å². The molecular weight excluding hydrogens is 476 g/mol. The van der Waals surface area contributed by atoms with Gasteiger partial charge < -0.3 is 20.8 Å². The minimum atomic E-state index is -1.35. The van der Waals surface area contributed by atoms with E-state index in [1.807, 2.05) is 6.07 Å². The number of imidazole rings is 1. The molecule has 1 aliphatic carbocycles. The average molecular weight is 501 g/mol. The topological polar surface area (TPSA) is 125 Å². The lowest BCUT2D eigenvalue weighted by Gasteiger charge is -2.25. The average Bonchev–Trinajstić information content (AvgIpc) is 3.50. The van der Waals surface area contributed by atoms with Crippen LogP contribution in [0.15, 0.2) is 24.2 Å². The Bertz CT molecular complexity index is 1340. The Labute approximate surface area is 205 Å². The fraction of sp³-hybridized carbons (Fsp3) is 0.391. The Morgan fingerprint density at radius 1 is 1.38 bits per heavy atom.